The van der Waals surface area contributed by atoms with E-state index < -0.39 is 0 Å². The number of benzene rings is 1. The predicted molar refractivity (Wildman–Crippen MR) is 89.6 cm³/mol. The first-order valence-electron chi connectivity index (χ1n) is 7.09. The van der Waals surface area contributed by atoms with E-state index in [0.29, 0.717) is 0 Å². The van der Waals surface area contributed by atoms with Gasteiger partial charge in [-0.15, -0.1) is 11.3 Å². The van der Waals surface area contributed by atoms with E-state index in [1.165, 1.54) is 0 Å². The summed E-state index contributed by atoms with van der Waals surface area (Å²) in [5.41, 5.74) is 2.06. The van der Waals surface area contributed by atoms with Crippen LogP contribution in [-0.4, -0.2) is 16.5 Å². The Morgan fingerprint density at radius 1 is 1.05 bits per heavy atom. The zero-order valence-corrected chi connectivity index (χ0v) is 12.7. The highest BCUT2D eigenvalue weighted by Gasteiger charge is 2.09. The molecule has 0 radical (unpaired) electrons. The highest BCUT2D eigenvalue weighted by atomic mass is 32.1. The van der Waals surface area contributed by atoms with Gasteiger partial charge in [0, 0.05) is 18.2 Å². The minimum absolute atomic E-state index is 0.782. The van der Waals surface area contributed by atoms with Gasteiger partial charge in [0.25, 0.3) is 0 Å². The van der Waals surface area contributed by atoms with Crippen molar-refractivity contribution in [2.45, 2.75) is 13.3 Å². The lowest BCUT2D eigenvalue weighted by atomic mass is 10.1. The Balaban J connectivity index is 2.05. The molecule has 4 heteroatoms. The topological polar surface area (TPSA) is 37.8 Å². The van der Waals surface area contributed by atoms with Gasteiger partial charge in [-0.05, 0) is 17.9 Å². The maximum Gasteiger partial charge on any atom is 0.172 e. The van der Waals surface area contributed by atoms with E-state index in [9.17, 15) is 0 Å². The van der Waals surface area contributed by atoms with Gasteiger partial charge in [0.2, 0.25) is 0 Å². The Kier molecular flexibility index (Phi) is 4.26. The number of anilines is 1. The van der Waals surface area contributed by atoms with E-state index in [0.717, 1.165) is 40.7 Å². The van der Waals surface area contributed by atoms with Crippen LogP contribution >= 0.6 is 11.3 Å². The second kappa shape index (κ2) is 6.50. The molecule has 0 atom stereocenters. The summed E-state index contributed by atoms with van der Waals surface area (Å²) in [4.78, 5) is 10.4. The van der Waals surface area contributed by atoms with Gasteiger partial charge < -0.3 is 5.32 Å². The summed E-state index contributed by atoms with van der Waals surface area (Å²) in [6.45, 7) is 3.06. The van der Waals surface area contributed by atoms with Crippen LogP contribution in [0.4, 0.5) is 5.82 Å². The van der Waals surface area contributed by atoms with Crippen molar-refractivity contribution in [3.05, 3.63) is 53.9 Å². The number of hydrogen-bond acceptors (Lipinski definition) is 4. The molecule has 0 aliphatic heterocycles. The minimum atomic E-state index is 0.782. The second-order valence-corrected chi connectivity index (χ2v) is 5.68. The molecular weight excluding hydrogens is 278 g/mol. The summed E-state index contributed by atoms with van der Waals surface area (Å²) >= 11 is 1.66. The number of rotatable bonds is 5. The van der Waals surface area contributed by atoms with Crippen LogP contribution < -0.4 is 5.32 Å². The second-order valence-electron chi connectivity index (χ2n) is 4.73. The summed E-state index contributed by atoms with van der Waals surface area (Å²) in [5.74, 6) is 1.67. The first-order valence-corrected chi connectivity index (χ1v) is 7.97. The van der Waals surface area contributed by atoms with E-state index in [4.69, 9.17) is 4.98 Å². The van der Waals surface area contributed by atoms with Crippen molar-refractivity contribution in [1.29, 1.82) is 0 Å². The van der Waals surface area contributed by atoms with Gasteiger partial charge in [0.1, 0.15) is 5.82 Å². The van der Waals surface area contributed by atoms with Crippen molar-refractivity contribution in [2.75, 3.05) is 11.9 Å². The molecule has 3 aromatic rings. The smallest absolute Gasteiger partial charge is 0.172 e. The Morgan fingerprint density at radius 2 is 1.90 bits per heavy atom. The molecule has 0 unspecified atom stereocenters. The van der Waals surface area contributed by atoms with Gasteiger partial charge in [-0.2, -0.15) is 0 Å². The lowest BCUT2D eigenvalue weighted by molar-refractivity contribution is 0.966. The summed E-state index contributed by atoms with van der Waals surface area (Å²) in [7, 11) is 0. The van der Waals surface area contributed by atoms with Crippen LogP contribution in [0, 0.1) is 0 Å². The standard InChI is InChI=1S/C17H17N3S/c1-2-10-18-16-12-14(13-7-4-3-5-8-13)19-17(20-16)15-9-6-11-21-15/h3-9,11-12H,2,10H2,1H3,(H,18,19,20). The first-order chi connectivity index (χ1) is 10.4. The predicted octanol–water partition coefficient (Wildman–Crippen LogP) is 4.69. The SMILES string of the molecule is CCCNc1cc(-c2ccccc2)nc(-c2cccs2)n1. The lowest BCUT2D eigenvalue weighted by Crippen LogP contribution is -2.04. The van der Waals surface area contributed by atoms with Gasteiger partial charge >= 0.3 is 0 Å². The summed E-state index contributed by atoms with van der Waals surface area (Å²) < 4.78 is 0. The monoisotopic (exact) mass is 295 g/mol. The molecule has 2 heterocycles. The van der Waals surface area contributed by atoms with Crippen LogP contribution in [0.3, 0.4) is 0 Å². The number of hydrogen-bond donors (Lipinski definition) is 1. The van der Waals surface area contributed by atoms with Crippen molar-refractivity contribution < 1.29 is 0 Å². The zero-order chi connectivity index (χ0) is 14.5. The average Bonchev–Trinajstić information content (AvgIpc) is 3.08. The Labute approximate surface area is 128 Å². The molecular formula is C17H17N3S. The van der Waals surface area contributed by atoms with Crippen LogP contribution in [0.15, 0.2) is 53.9 Å². The summed E-state index contributed by atoms with van der Waals surface area (Å²) in [6.07, 6.45) is 1.07. The minimum Gasteiger partial charge on any atom is -0.370 e. The van der Waals surface area contributed by atoms with Crippen molar-refractivity contribution in [2.24, 2.45) is 0 Å². The number of nitrogens with one attached hydrogen (secondary N) is 1. The molecule has 0 saturated heterocycles. The fourth-order valence-electron chi connectivity index (χ4n) is 2.06. The van der Waals surface area contributed by atoms with Crippen LogP contribution in [0.2, 0.25) is 0 Å². The molecule has 0 bridgehead atoms. The molecule has 0 aliphatic carbocycles. The molecule has 0 spiro atoms. The normalized spacial score (nSPS) is 10.5. The highest BCUT2D eigenvalue weighted by molar-refractivity contribution is 7.13. The Bertz CT molecular complexity index is 693. The van der Waals surface area contributed by atoms with Crippen molar-refractivity contribution in [3.63, 3.8) is 0 Å². The molecule has 106 valence electrons. The van der Waals surface area contributed by atoms with Gasteiger partial charge in [-0.3, -0.25) is 0 Å². The molecule has 3 nitrogen and oxygen atoms in total. The van der Waals surface area contributed by atoms with E-state index in [-0.39, 0.29) is 0 Å². The molecule has 21 heavy (non-hydrogen) atoms. The van der Waals surface area contributed by atoms with E-state index >= 15 is 0 Å². The van der Waals surface area contributed by atoms with Crippen LogP contribution in [0.25, 0.3) is 22.0 Å². The highest BCUT2D eigenvalue weighted by Crippen LogP contribution is 2.26. The van der Waals surface area contributed by atoms with Gasteiger partial charge in [-0.1, -0.05) is 43.3 Å². The molecule has 2 aromatic heterocycles. The van der Waals surface area contributed by atoms with Gasteiger partial charge in [0.05, 0.1) is 10.6 Å². The molecule has 1 N–H and O–H groups in total. The van der Waals surface area contributed by atoms with Crippen LogP contribution in [-0.2, 0) is 0 Å². The number of aromatic nitrogens is 2. The summed E-state index contributed by atoms with van der Waals surface area (Å²) in [5, 5.41) is 5.41. The molecule has 3 rings (SSSR count). The fourth-order valence-corrected chi connectivity index (χ4v) is 2.72. The van der Waals surface area contributed by atoms with E-state index in [1.807, 2.05) is 35.7 Å². The third-order valence-electron chi connectivity index (χ3n) is 3.09. The Hall–Kier alpha value is -2.20. The molecule has 0 fully saturated rings. The molecule has 0 aliphatic rings. The third-order valence-corrected chi connectivity index (χ3v) is 3.96. The van der Waals surface area contributed by atoms with Gasteiger partial charge in [0.15, 0.2) is 5.82 Å². The van der Waals surface area contributed by atoms with Crippen molar-refractivity contribution in [1.82, 2.24) is 9.97 Å². The largest absolute Gasteiger partial charge is 0.370 e. The molecule has 0 saturated carbocycles. The number of thiophene rings is 1. The van der Waals surface area contributed by atoms with Crippen molar-refractivity contribution >= 4 is 17.2 Å². The van der Waals surface area contributed by atoms with E-state index in [1.54, 1.807) is 11.3 Å². The third kappa shape index (κ3) is 3.28. The van der Waals surface area contributed by atoms with Gasteiger partial charge in [-0.25, -0.2) is 9.97 Å². The molecule has 1 aromatic carbocycles. The van der Waals surface area contributed by atoms with E-state index in [2.05, 4.69) is 35.4 Å². The lowest BCUT2D eigenvalue weighted by Gasteiger charge is -2.09. The maximum atomic E-state index is 4.71. The van der Waals surface area contributed by atoms with Crippen LogP contribution in [0.5, 0.6) is 0 Å². The molecule has 0 amide bonds. The average molecular weight is 295 g/mol. The van der Waals surface area contributed by atoms with Crippen molar-refractivity contribution in [3.8, 4) is 22.0 Å². The fraction of sp³-hybridized carbons (Fsp3) is 0.176. The quantitative estimate of drug-likeness (QED) is 0.741. The van der Waals surface area contributed by atoms with Crippen LogP contribution in [0.1, 0.15) is 13.3 Å². The zero-order valence-electron chi connectivity index (χ0n) is 11.9. The summed E-state index contributed by atoms with van der Waals surface area (Å²) in [6, 6.07) is 16.3. The first kappa shape index (κ1) is 13.8. The maximum absolute atomic E-state index is 4.71. The number of nitrogens with zero attached hydrogens (tertiary/aromatic N) is 2. The Morgan fingerprint density at radius 3 is 2.62 bits per heavy atom.